The van der Waals surface area contributed by atoms with E-state index in [4.69, 9.17) is 0 Å². The Balaban J connectivity index is 2.82. The first kappa shape index (κ1) is 9.51. The Morgan fingerprint density at radius 2 is 2.21 bits per heavy atom. The van der Waals surface area contributed by atoms with Gasteiger partial charge < -0.3 is 0 Å². The van der Waals surface area contributed by atoms with Crippen molar-refractivity contribution in [2.24, 2.45) is 0 Å². The molecule has 0 atom stereocenters. The summed E-state index contributed by atoms with van der Waals surface area (Å²) in [6, 6.07) is 1.33. The minimum Gasteiger partial charge on any atom is -0.233 e. The third-order valence-electron chi connectivity index (χ3n) is 1.81. The van der Waals surface area contributed by atoms with Crippen LogP contribution >= 0.6 is 15.9 Å². The molecule has 3 nitrogen and oxygen atoms in total. The summed E-state index contributed by atoms with van der Waals surface area (Å²) >= 11 is 3.19. The van der Waals surface area contributed by atoms with Crippen molar-refractivity contribution in [3.05, 3.63) is 28.1 Å². The average molecular weight is 262 g/mol. The van der Waals surface area contributed by atoms with Crippen molar-refractivity contribution in [1.82, 2.24) is 14.6 Å². The molecule has 0 spiro atoms. The lowest BCUT2D eigenvalue weighted by Gasteiger charge is -2.04. The molecule has 0 saturated heterocycles. The fourth-order valence-corrected chi connectivity index (χ4v) is 1.59. The van der Waals surface area contributed by atoms with E-state index < -0.39 is 6.43 Å². The van der Waals surface area contributed by atoms with Gasteiger partial charge in [-0.25, -0.2) is 18.3 Å². The van der Waals surface area contributed by atoms with Crippen LogP contribution in [-0.4, -0.2) is 14.6 Å². The first-order chi connectivity index (χ1) is 6.59. The van der Waals surface area contributed by atoms with E-state index in [9.17, 15) is 8.78 Å². The molecule has 2 aromatic heterocycles. The fourth-order valence-electron chi connectivity index (χ4n) is 1.24. The molecule has 0 radical (unpaired) electrons. The molecule has 2 heterocycles. The predicted molar refractivity (Wildman–Crippen MR) is 50.4 cm³/mol. The molecule has 0 N–H and O–H groups in total. The normalized spacial score (nSPS) is 11.5. The first-order valence-corrected chi connectivity index (χ1v) is 4.68. The van der Waals surface area contributed by atoms with Crippen LogP contribution in [0.25, 0.3) is 5.65 Å². The van der Waals surface area contributed by atoms with E-state index in [1.54, 1.807) is 6.92 Å². The molecule has 14 heavy (non-hydrogen) atoms. The second-order valence-corrected chi connectivity index (χ2v) is 3.71. The molecule has 0 amide bonds. The van der Waals surface area contributed by atoms with Gasteiger partial charge in [-0.05, 0) is 28.9 Å². The molecule has 0 aliphatic carbocycles. The largest absolute Gasteiger partial charge is 0.280 e. The average Bonchev–Trinajstić information content (AvgIpc) is 2.47. The molecule has 6 heteroatoms. The van der Waals surface area contributed by atoms with Gasteiger partial charge in [-0.3, -0.25) is 0 Å². The lowest BCUT2D eigenvalue weighted by Crippen LogP contribution is -2.02. The molecule has 0 unspecified atom stereocenters. The highest BCUT2D eigenvalue weighted by atomic mass is 79.9. The van der Waals surface area contributed by atoms with Crippen molar-refractivity contribution in [3.63, 3.8) is 0 Å². The third kappa shape index (κ3) is 1.39. The molecule has 0 fully saturated rings. The van der Waals surface area contributed by atoms with Gasteiger partial charge in [-0.15, -0.1) is 0 Å². The van der Waals surface area contributed by atoms with Crippen molar-refractivity contribution in [2.45, 2.75) is 13.3 Å². The van der Waals surface area contributed by atoms with Crippen LogP contribution in [0.15, 0.2) is 16.7 Å². The van der Waals surface area contributed by atoms with Gasteiger partial charge >= 0.3 is 0 Å². The van der Waals surface area contributed by atoms with E-state index in [-0.39, 0.29) is 5.69 Å². The van der Waals surface area contributed by atoms with Gasteiger partial charge in [0.2, 0.25) is 0 Å². The number of aryl methyl sites for hydroxylation is 1. The maximum absolute atomic E-state index is 12.6. The molecule has 2 aromatic rings. The summed E-state index contributed by atoms with van der Waals surface area (Å²) in [5.41, 5.74) is 0.826. The first-order valence-electron chi connectivity index (χ1n) is 3.88. The summed E-state index contributed by atoms with van der Waals surface area (Å²) in [7, 11) is 0. The van der Waals surface area contributed by atoms with Crippen LogP contribution in [0.2, 0.25) is 0 Å². The molecule has 0 saturated carbocycles. The van der Waals surface area contributed by atoms with Gasteiger partial charge in [-0.1, -0.05) is 0 Å². The van der Waals surface area contributed by atoms with Crippen molar-refractivity contribution in [2.75, 3.05) is 0 Å². The number of nitrogens with zero attached hydrogens (tertiary/aromatic N) is 3. The van der Waals surface area contributed by atoms with Crippen LogP contribution in [0, 0.1) is 6.92 Å². The highest BCUT2D eigenvalue weighted by molar-refractivity contribution is 9.10. The molecule has 0 bridgehead atoms. The van der Waals surface area contributed by atoms with E-state index in [0.29, 0.717) is 15.8 Å². The van der Waals surface area contributed by atoms with Crippen LogP contribution in [-0.2, 0) is 0 Å². The lowest BCUT2D eigenvalue weighted by molar-refractivity contribution is 0.143. The number of alkyl halides is 2. The van der Waals surface area contributed by atoms with E-state index >= 15 is 0 Å². The topological polar surface area (TPSA) is 30.2 Å². The Kier molecular flexibility index (Phi) is 2.22. The zero-order valence-electron chi connectivity index (χ0n) is 7.21. The van der Waals surface area contributed by atoms with Crippen molar-refractivity contribution in [3.8, 4) is 0 Å². The summed E-state index contributed by atoms with van der Waals surface area (Å²) in [5, 5.41) is 3.81. The maximum Gasteiger partial charge on any atom is 0.280 e. The molecule has 0 aliphatic heterocycles. The lowest BCUT2D eigenvalue weighted by atomic mass is 10.3. The summed E-state index contributed by atoms with van der Waals surface area (Å²) in [6.45, 7) is 1.67. The SMILES string of the molecule is Cc1cc(C(F)F)n2ncc(Br)c2n1. The number of halogens is 3. The number of aromatic nitrogens is 3. The Morgan fingerprint density at radius 3 is 2.86 bits per heavy atom. The Bertz CT molecular complexity index is 481. The highest BCUT2D eigenvalue weighted by Gasteiger charge is 2.15. The van der Waals surface area contributed by atoms with Crippen LogP contribution < -0.4 is 0 Å². The van der Waals surface area contributed by atoms with Crippen LogP contribution in [0.5, 0.6) is 0 Å². The van der Waals surface area contributed by atoms with Gasteiger partial charge in [0.15, 0.2) is 5.65 Å². The molecule has 74 valence electrons. The molecule has 0 aromatic carbocycles. The number of hydrogen-bond acceptors (Lipinski definition) is 2. The second kappa shape index (κ2) is 3.27. The predicted octanol–water partition coefficient (Wildman–Crippen LogP) is 2.74. The number of hydrogen-bond donors (Lipinski definition) is 0. The van der Waals surface area contributed by atoms with Crippen molar-refractivity contribution < 1.29 is 8.78 Å². The molecule has 2 rings (SSSR count). The van der Waals surface area contributed by atoms with E-state index in [1.807, 2.05) is 0 Å². The van der Waals surface area contributed by atoms with Crippen LogP contribution in [0.3, 0.4) is 0 Å². The van der Waals surface area contributed by atoms with Crippen molar-refractivity contribution >= 4 is 21.6 Å². The monoisotopic (exact) mass is 261 g/mol. The summed E-state index contributed by atoms with van der Waals surface area (Å²) in [5.74, 6) is 0. The summed E-state index contributed by atoms with van der Waals surface area (Å²) < 4.78 is 26.9. The van der Waals surface area contributed by atoms with E-state index in [0.717, 1.165) is 4.52 Å². The van der Waals surface area contributed by atoms with Gasteiger partial charge in [0, 0.05) is 5.69 Å². The van der Waals surface area contributed by atoms with Gasteiger partial charge in [0.05, 0.1) is 10.7 Å². The summed E-state index contributed by atoms with van der Waals surface area (Å²) in [6.07, 6.45) is -1.10. The molecule has 0 aliphatic rings. The smallest absolute Gasteiger partial charge is 0.233 e. The molecular weight excluding hydrogens is 256 g/mol. The summed E-state index contributed by atoms with van der Waals surface area (Å²) in [4.78, 5) is 4.10. The number of fused-ring (bicyclic) bond motifs is 1. The van der Waals surface area contributed by atoms with Gasteiger partial charge in [0.25, 0.3) is 6.43 Å². The highest BCUT2D eigenvalue weighted by Crippen LogP contribution is 2.23. The van der Waals surface area contributed by atoms with Gasteiger partial charge in [-0.2, -0.15) is 5.10 Å². The molecular formula is C8H6BrF2N3. The fraction of sp³-hybridized carbons (Fsp3) is 0.250. The van der Waals surface area contributed by atoms with Gasteiger partial charge in [0.1, 0.15) is 5.69 Å². The Labute approximate surface area is 86.9 Å². The standard InChI is InChI=1S/C8H6BrF2N3/c1-4-2-6(7(10)11)14-8(13-4)5(9)3-12-14/h2-3,7H,1H3. The minimum atomic E-state index is -2.55. The van der Waals surface area contributed by atoms with Crippen LogP contribution in [0.4, 0.5) is 8.78 Å². The Hall–Kier alpha value is -1.04. The Morgan fingerprint density at radius 1 is 1.50 bits per heavy atom. The van der Waals surface area contributed by atoms with E-state index in [1.165, 1.54) is 12.3 Å². The zero-order valence-corrected chi connectivity index (χ0v) is 8.79. The quantitative estimate of drug-likeness (QED) is 0.790. The zero-order chi connectivity index (χ0) is 10.3. The van der Waals surface area contributed by atoms with Crippen LogP contribution in [0.1, 0.15) is 17.8 Å². The second-order valence-electron chi connectivity index (χ2n) is 2.85. The van der Waals surface area contributed by atoms with Crippen molar-refractivity contribution in [1.29, 1.82) is 0 Å². The third-order valence-corrected chi connectivity index (χ3v) is 2.37. The number of rotatable bonds is 1. The minimum absolute atomic E-state index is 0.141. The maximum atomic E-state index is 12.6. The van der Waals surface area contributed by atoms with E-state index in [2.05, 4.69) is 26.0 Å².